The molecule has 0 aromatic carbocycles. The molecule has 1 aliphatic heterocycles. The molecule has 0 radical (unpaired) electrons. The first kappa shape index (κ1) is 15.6. The van der Waals surface area contributed by atoms with Gasteiger partial charge in [-0.05, 0) is 19.8 Å². The van der Waals surface area contributed by atoms with E-state index in [1.54, 1.807) is 7.11 Å². The van der Waals surface area contributed by atoms with Gasteiger partial charge in [0.15, 0.2) is 0 Å². The number of methoxy groups -OCH3 is 1. The van der Waals surface area contributed by atoms with Gasteiger partial charge in [-0.3, -0.25) is 9.80 Å². The maximum Gasteiger partial charge on any atom is 0.0670 e. The zero-order valence-electron chi connectivity index (χ0n) is 11.8. The van der Waals surface area contributed by atoms with E-state index in [-0.39, 0.29) is 6.10 Å². The van der Waals surface area contributed by atoms with Gasteiger partial charge in [0.05, 0.1) is 12.7 Å². The van der Waals surface area contributed by atoms with Crippen molar-refractivity contribution in [3.05, 3.63) is 12.7 Å². The third kappa shape index (κ3) is 5.48. The fraction of sp³-hybridized carbons (Fsp3) is 0.857. The lowest BCUT2D eigenvalue weighted by Crippen LogP contribution is -2.52. The van der Waals surface area contributed by atoms with Crippen molar-refractivity contribution in [2.75, 3.05) is 46.4 Å². The molecule has 0 aromatic heterocycles. The predicted molar refractivity (Wildman–Crippen MR) is 74.8 cm³/mol. The minimum Gasteiger partial charge on any atom is -0.392 e. The second-order valence-corrected chi connectivity index (χ2v) is 5.16. The van der Waals surface area contributed by atoms with E-state index in [0.29, 0.717) is 6.04 Å². The first-order valence-electron chi connectivity index (χ1n) is 6.91. The van der Waals surface area contributed by atoms with Crippen LogP contribution < -0.4 is 0 Å². The molecule has 0 saturated carbocycles. The van der Waals surface area contributed by atoms with Crippen LogP contribution in [0.15, 0.2) is 12.7 Å². The number of piperazine rings is 1. The summed E-state index contributed by atoms with van der Waals surface area (Å²) in [7, 11) is 1.75. The summed E-state index contributed by atoms with van der Waals surface area (Å²) in [6.45, 7) is 11.7. The van der Waals surface area contributed by atoms with Crippen molar-refractivity contribution in [1.29, 1.82) is 0 Å². The molecular weight excluding hydrogens is 228 g/mol. The molecule has 1 N–H and O–H groups in total. The maximum atomic E-state index is 9.87. The Balaban J connectivity index is 2.20. The highest BCUT2D eigenvalue weighted by molar-refractivity contribution is 4.78. The van der Waals surface area contributed by atoms with Crippen molar-refractivity contribution < 1.29 is 9.84 Å². The Labute approximate surface area is 111 Å². The summed E-state index contributed by atoms with van der Waals surface area (Å²) < 4.78 is 5.19. The summed E-state index contributed by atoms with van der Waals surface area (Å²) in [6.07, 6.45) is 3.37. The first-order valence-corrected chi connectivity index (χ1v) is 6.91. The predicted octanol–water partition coefficient (Wildman–Crippen LogP) is 0.966. The van der Waals surface area contributed by atoms with Crippen molar-refractivity contribution >= 4 is 0 Å². The Morgan fingerprint density at radius 2 is 2.00 bits per heavy atom. The number of hydrogen-bond acceptors (Lipinski definition) is 4. The highest BCUT2D eigenvalue weighted by Gasteiger charge is 2.22. The average Bonchev–Trinajstić information content (AvgIpc) is 2.37. The monoisotopic (exact) mass is 256 g/mol. The molecule has 0 bridgehead atoms. The van der Waals surface area contributed by atoms with Crippen molar-refractivity contribution in [2.45, 2.75) is 31.9 Å². The largest absolute Gasteiger partial charge is 0.392 e. The zero-order chi connectivity index (χ0) is 13.4. The Bertz CT molecular complexity index is 228. The highest BCUT2D eigenvalue weighted by Crippen LogP contribution is 2.08. The standard InChI is InChI=1S/C14H28N2O2/c1-4-5-6-14(17)11-15-7-9-16(10-8-15)13(2)12-18-3/h4,13-14,17H,1,5-12H2,2-3H3. The van der Waals surface area contributed by atoms with E-state index in [2.05, 4.69) is 23.3 Å². The third-order valence-corrected chi connectivity index (χ3v) is 3.61. The normalized spacial score (nSPS) is 21.7. The van der Waals surface area contributed by atoms with Crippen LogP contribution in [0.25, 0.3) is 0 Å². The lowest BCUT2D eigenvalue weighted by molar-refractivity contribution is 0.0358. The molecule has 1 rings (SSSR count). The van der Waals surface area contributed by atoms with Gasteiger partial charge in [0.1, 0.15) is 0 Å². The Morgan fingerprint density at radius 3 is 2.56 bits per heavy atom. The molecule has 0 amide bonds. The number of aliphatic hydroxyl groups is 1. The van der Waals surface area contributed by atoms with Crippen LogP contribution in [0.3, 0.4) is 0 Å². The van der Waals surface area contributed by atoms with Gasteiger partial charge in [0, 0.05) is 45.9 Å². The van der Waals surface area contributed by atoms with Crippen molar-refractivity contribution in [3.63, 3.8) is 0 Å². The lowest BCUT2D eigenvalue weighted by atomic mass is 10.1. The van der Waals surface area contributed by atoms with Gasteiger partial charge in [0.2, 0.25) is 0 Å². The van der Waals surface area contributed by atoms with E-state index in [0.717, 1.165) is 52.2 Å². The highest BCUT2D eigenvalue weighted by atomic mass is 16.5. The van der Waals surface area contributed by atoms with Gasteiger partial charge in [-0.2, -0.15) is 0 Å². The number of rotatable bonds is 8. The Morgan fingerprint density at radius 1 is 1.33 bits per heavy atom. The van der Waals surface area contributed by atoms with Crippen LogP contribution >= 0.6 is 0 Å². The van der Waals surface area contributed by atoms with E-state index >= 15 is 0 Å². The van der Waals surface area contributed by atoms with Crippen LogP contribution in [-0.4, -0.2) is 73.5 Å². The van der Waals surface area contributed by atoms with Gasteiger partial charge in [-0.1, -0.05) is 6.08 Å². The smallest absolute Gasteiger partial charge is 0.0670 e. The van der Waals surface area contributed by atoms with Crippen LogP contribution in [0.1, 0.15) is 19.8 Å². The van der Waals surface area contributed by atoms with Crippen molar-refractivity contribution in [2.24, 2.45) is 0 Å². The number of allylic oxidation sites excluding steroid dienone is 1. The van der Waals surface area contributed by atoms with Crippen molar-refractivity contribution in [1.82, 2.24) is 9.80 Å². The number of β-amino-alcohol motifs (C(OH)–C–C–N with tert-alkyl or cyclic N) is 1. The van der Waals surface area contributed by atoms with Crippen LogP contribution in [0.4, 0.5) is 0 Å². The fourth-order valence-corrected chi connectivity index (χ4v) is 2.43. The minimum atomic E-state index is -0.217. The molecule has 1 saturated heterocycles. The zero-order valence-corrected chi connectivity index (χ0v) is 11.8. The molecule has 2 atom stereocenters. The molecule has 1 fully saturated rings. The van der Waals surface area contributed by atoms with E-state index < -0.39 is 0 Å². The number of nitrogens with zero attached hydrogens (tertiary/aromatic N) is 2. The molecule has 0 spiro atoms. The maximum absolute atomic E-state index is 9.87. The number of hydrogen-bond donors (Lipinski definition) is 1. The van der Waals surface area contributed by atoms with Crippen LogP contribution in [0.5, 0.6) is 0 Å². The van der Waals surface area contributed by atoms with Crippen LogP contribution in [-0.2, 0) is 4.74 Å². The summed E-state index contributed by atoms with van der Waals surface area (Å²) in [5, 5.41) is 9.87. The van der Waals surface area contributed by atoms with Gasteiger partial charge < -0.3 is 9.84 Å². The van der Waals surface area contributed by atoms with Gasteiger partial charge in [0.25, 0.3) is 0 Å². The molecule has 2 unspecified atom stereocenters. The molecule has 18 heavy (non-hydrogen) atoms. The summed E-state index contributed by atoms with van der Waals surface area (Å²) in [4.78, 5) is 4.81. The molecule has 0 aromatic rings. The van der Waals surface area contributed by atoms with Gasteiger partial charge in [-0.15, -0.1) is 6.58 Å². The summed E-state index contributed by atoms with van der Waals surface area (Å²) in [5.41, 5.74) is 0. The molecule has 0 aliphatic carbocycles. The number of ether oxygens (including phenoxy) is 1. The molecule has 4 nitrogen and oxygen atoms in total. The van der Waals surface area contributed by atoms with E-state index in [4.69, 9.17) is 4.74 Å². The molecule has 106 valence electrons. The second kappa shape index (κ2) is 8.64. The van der Waals surface area contributed by atoms with E-state index in [1.165, 1.54) is 0 Å². The first-order chi connectivity index (χ1) is 8.67. The van der Waals surface area contributed by atoms with Crippen LogP contribution in [0.2, 0.25) is 0 Å². The van der Waals surface area contributed by atoms with Gasteiger partial charge in [-0.25, -0.2) is 0 Å². The molecular formula is C14H28N2O2. The van der Waals surface area contributed by atoms with Crippen molar-refractivity contribution in [3.8, 4) is 0 Å². The SMILES string of the molecule is C=CCCC(O)CN1CCN(C(C)COC)CC1. The second-order valence-electron chi connectivity index (χ2n) is 5.16. The third-order valence-electron chi connectivity index (χ3n) is 3.61. The summed E-state index contributed by atoms with van der Waals surface area (Å²) >= 11 is 0. The fourth-order valence-electron chi connectivity index (χ4n) is 2.43. The average molecular weight is 256 g/mol. The van der Waals surface area contributed by atoms with Crippen LogP contribution in [0, 0.1) is 0 Å². The molecule has 1 heterocycles. The quantitative estimate of drug-likeness (QED) is 0.656. The minimum absolute atomic E-state index is 0.217. The Hall–Kier alpha value is -0.420. The molecule has 1 aliphatic rings. The lowest BCUT2D eigenvalue weighted by Gasteiger charge is -2.38. The van der Waals surface area contributed by atoms with E-state index in [9.17, 15) is 5.11 Å². The Kier molecular flexibility index (Phi) is 7.51. The topological polar surface area (TPSA) is 35.9 Å². The summed E-state index contributed by atoms with van der Waals surface area (Å²) in [5.74, 6) is 0. The molecule has 4 heteroatoms. The van der Waals surface area contributed by atoms with Gasteiger partial charge >= 0.3 is 0 Å². The van der Waals surface area contributed by atoms with E-state index in [1.807, 2.05) is 6.08 Å². The number of aliphatic hydroxyl groups excluding tert-OH is 1. The summed E-state index contributed by atoms with van der Waals surface area (Å²) in [6, 6.07) is 0.489.